The fraction of sp³-hybridized carbons (Fsp3) is 0.0769. The van der Waals surface area contributed by atoms with E-state index in [9.17, 15) is 10.1 Å². The molecular formula is C26H23NO2P+. The molecule has 4 heteroatoms. The molecule has 0 spiro atoms. The number of nitro benzene ring substituents is 1. The summed E-state index contributed by atoms with van der Waals surface area (Å²) < 4.78 is 0. The van der Waals surface area contributed by atoms with E-state index in [0.717, 1.165) is 11.7 Å². The van der Waals surface area contributed by atoms with Crippen molar-refractivity contribution >= 4 is 28.9 Å². The monoisotopic (exact) mass is 412 g/mol. The Bertz CT molecular complexity index is 1050. The predicted molar refractivity (Wildman–Crippen MR) is 127 cm³/mol. The molecule has 4 aromatic rings. The average molecular weight is 412 g/mol. The van der Waals surface area contributed by atoms with Crippen LogP contribution in [0.5, 0.6) is 0 Å². The van der Waals surface area contributed by atoms with Crippen LogP contribution in [0.2, 0.25) is 0 Å². The van der Waals surface area contributed by atoms with Gasteiger partial charge in [-0.25, -0.2) is 0 Å². The third kappa shape index (κ3) is 3.77. The zero-order valence-electron chi connectivity index (χ0n) is 16.8. The van der Waals surface area contributed by atoms with Crippen LogP contribution in [0.25, 0.3) is 0 Å². The van der Waals surface area contributed by atoms with Crippen molar-refractivity contribution in [2.24, 2.45) is 0 Å². The molecule has 0 radical (unpaired) electrons. The van der Waals surface area contributed by atoms with Crippen LogP contribution in [0.4, 0.5) is 5.69 Å². The SMILES string of the molecule is Cc1ccc(C[P+](c2ccccc2)(c2ccccc2)c2ccccc2)cc1[N+](=O)[O-]. The second kappa shape index (κ2) is 8.61. The molecular weight excluding hydrogens is 389 g/mol. The van der Waals surface area contributed by atoms with Crippen molar-refractivity contribution in [3.63, 3.8) is 0 Å². The lowest BCUT2D eigenvalue weighted by atomic mass is 10.1. The minimum Gasteiger partial charge on any atom is -0.258 e. The molecule has 0 saturated heterocycles. The van der Waals surface area contributed by atoms with Gasteiger partial charge in [0.25, 0.3) is 5.69 Å². The molecule has 0 saturated carbocycles. The molecule has 0 aliphatic heterocycles. The van der Waals surface area contributed by atoms with Crippen LogP contribution in [0.3, 0.4) is 0 Å². The first kappa shape index (κ1) is 20.0. The van der Waals surface area contributed by atoms with Gasteiger partial charge in [0.05, 0.1) is 11.1 Å². The van der Waals surface area contributed by atoms with Gasteiger partial charge in [0.1, 0.15) is 23.2 Å². The molecule has 148 valence electrons. The normalized spacial score (nSPS) is 11.2. The molecule has 4 aromatic carbocycles. The Hall–Kier alpha value is -3.29. The summed E-state index contributed by atoms with van der Waals surface area (Å²) in [6.45, 7) is 1.79. The van der Waals surface area contributed by atoms with Crippen molar-refractivity contribution < 1.29 is 4.92 Å². The molecule has 0 heterocycles. The van der Waals surface area contributed by atoms with Crippen molar-refractivity contribution in [3.8, 4) is 0 Å². The topological polar surface area (TPSA) is 43.1 Å². The van der Waals surface area contributed by atoms with Crippen molar-refractivity contribution in [3.05, 3.63) is 130 Å². The molecule has 0 atom stereocenters. The molecule has 0 N–H and O–H groups in total. The van der Waals surface area contributed by atoms with Crippen LogP contribution in [-0.2, 0) is 6.16 Å². The summed E-state index contributed by atoms with van der Waals surface area (Å²) in [5.41, 5.74) is 1.85. The number of nitro groups is 1. The van der Waals surface area contributed by atoms with Crippen LogP contribution in [0.1, 0.15) is 11.1 Å². The van der Waals surface area contributed by atoms with Gasteiger partial charge in [-0.2, -0.15) is 0 Å². The van der Waals surface area contributed by atoms with E-state index < -0.39 is 7.26 Å². The summed E-state index contributed by atoms with van der Waals surface area (Å²) in [6, 6.07) is 37.4. The lowest BCUT2D eigenvalue weighted by Crippen LogP contribution is -2.32. The first-order valence-electron chi connectivity index (χ1n) is 9.90. The summed E-state index contributed by atoms with van der Waals surface area (Å²) in [4.78, 5) is 11.3. The molecule has 4 rings (SSSR count). The Kier molecular flexibility index (Phi) is 5.74. The highest BCUT2D eigenvalue weighted by Gasteiger charge is 2.45. The summed E-state index contributed by atoms with van der Waals surface area (Å²) in [5, 5.41) is 15.4. The molecule has 0 amide bonds. The van der Waals surface area contributed by atoms with Crippen LogP contribution in [-0.4, -0.2) is 4.92 Å². The molecule has 0 bridgehead atoms. The molecule has 0 aliphatic carbocycles. The van der Waals surface area contributed by atoms with Crippen LogP contribution < -0.4 is 15.9 Å². The van der Waals surface area contributed by atoms with Crippen LogP contribution >= 0.6 is 7.26 Å². The molecule has 0 aromatic heterocycles. The van der Waals surface area contributed by atoms with Gasteiger partial charge >= 0.3 is 0 Å². The van der Waals surface area contributed by atoms with Crippen molar-refractivity contribution in [1.29, 1.82) is 0 Å². The van der Waals surface area contributed by atoms with Crippen LogP contribution in [0, 0.1) is 17.0 Å². The summed E-state index contributed by atoms with van der Waals surface area (Å²) in [7, 11) is -2.06. The summed E-state index contributed by atoms with van der Waals surface area (Å²) >= 11 is 0. The molecule has 3 nitrogen and oxygen atoms in total. The van der Waals surface area contributed by atoms with Gasteiger partial charge in [0.15, 0.2) is 0 Å². The largest absolute Gasteiger partial charge is 0.272 e. The minimum atomic E-state index is -2.06. The van der Waals surface area contributed by atoms with Crippen molar-refractivity contribution in [2.45, 2.75) is 13.1 Å². The fourth-order valence-corrected chi connectivity index (χ4v) is 8.22. The third-order valence-corrected chi connectivity index (χ3v) is 9.86. The zero-order valence-corrected chi connectivity index (χ0v) is 17.7. The van der Waals surface area contributed by atoms with Gasteiger partial charge in [0.2, 0.25) is 0 Å². The van der Waals surface area contributed by atoms with Crippen molar-refractivity contribution in [1.82, 2.24) is 0 Å². The second-order valence-electron chi connectivity index (χ2n) is 7.35. The fourth-order valence-electron chi connectivity index (χ4n) is 3.99. The summed E-state index contributed by atoms with van der Waals surface area (Å²) in [5.74, 6) is 0. The Balaban J connectivity index is 1.98. The lowest BCUT2D eigenvalue weighted by Gasteiger charge is -2.27. The first-order chi connectivity index (χ1) is 14.6. The van der Waals surface area contributed by atoms with Gasteiger partial charge in [-0.1, -0.05) is 66.7 Å². The molecule has 0 unspecified atom stereocenters. The molecule has 0 aliphatic rings. The van der Waals surface area contributed by atoms with Gasteiger partial charge in [-0.05, 0) is 48.9 Å². The van der Waals surface area contributed by atoms with E-state index in [1.165, 1.54) is 15.9 Å². The summed E-state index contributed by atoms with van der Waals surface area (Å²) in [6.07, 6.45) is 0.728. The second-order valence-corrected chi connectivity index (χ2v) is 10.8. The lowest BCUT2D eigenvalue weighted by molar-refractivity contribution is -0.385. The molecule has 0 fully saturated rings. The predicted octanol–water partition coefficient (Wildman–Crippen LogP) is 5.40. The maximum absolute atomic E-state index is 11.6. The van der Waals surface area contributed by atoms with E-state index in [2.05, 4.69) is 72.8 Å². The average Bonchev–Trinajstić information content (AvgIpc) is 2.80. The maximum atomic E-state index is 11.6. The third-order valence-electron chi connectivity index (χ3n) is 5.48. The van der Waals surface area contributed by atoms with Crippen molar-refractivity contribution in [2.75, 3.05) is 0 Å². The van der Waals surface area contributed by atoms with Crippen LogP contribution in [0.15, 0.2) is 109 Å². The van der Waals surface area contributed by atoms with E-state index in [-0.39, 0.29) is 10.6 Å². The highest BCUT2D eigenvalue weighted by atomic mass is 31.2. The number of hydrogen-bond donors (Lipinski definition) is 0. The van der Waals surface area contributed by atoms with Gasteiger partial charge < -0.3 is 0 Å². The van der Waals surface area contributed by atoms with Gasteiger partial charge in [-0.3, -0.25) is 10.1 Å². The van der Waals surface area contributed by atoms with Gasteiger partial charge in [0, 0.05) is 11.6 Å². The van der Waals surface area contributed by atoms with E-state index >= 15 is 0 Å². The zero-order chi connectivity index (χ0) is 21.0. The van der Waals surface area contributed by atoms with E-state index in [4.69, 9.17) is 0 Å². The Morgan fingerprint density at radius 3 is 1.53 bits per heavy atom. The number of benzene rings is 4. The Labute approximate surface area is 177 Å². The highest BCUT2D eigenvalue weighted by molar-refractivity contribution is 7.95. The molecule has 30 heavy (non-hydrogen) atoms. The van der Waals surface area contributed by atoms with E-state index in [1.54, 1.807) is 13.0 Å². The number of aryl methyl sites for hydroxylation is 1. The smallest absolute Gasteiger partial charge is 0.258 e. The maximum Gasteiger partial charge on any atom is 0.272 e. The first-order valence-corrected chi connectivity index (χ1v) is 11.9. The number of hydrogen-bond acceptors (Lipinski definition) is 2. The number of rotatable bonds is 6. The standard InChI is InChI=1S/C26H23NO2P/c1-21-17-18-22(19-26(21)27(28)29)20-30(23-11-5-2-6-12-23,24-13-7-3-8-14-24)25-15-9-4-10-16-25/h2-19H,20H2,1H3/q+1. The van der Waals surface area contributed by atoms with E-state index in [0.29, 0.717) is 5.56 Å². The Morgan fingerprint density at radius 2 is 1.13 bits per heavy atom. The number of nitrogens with zero attached hydrogens (tertiary/aromatic N) is 1. The minimum absolute atomic E-state index is 0.180. The van der Waals surface area contributed by atoms with Gasteiger partial charge in [-0.15, -0.1) is 0 Å². The van der Waals surface area contributed by atoms with E-state index in [1.807, 2.05) is 30.3 Å². The quantitative estimate of drug-likeness (QED) is 0.242. The highest BCUT2D eigenvalue weighted by Crippen LogP contribution is 2.58. The Morgan fingerprint density at radius 1 is 0.700 bits per heavy atom.